The highest BCUT2D eigenvalue weighted by molar-refractivity contribution is 5.98. The summed E-state index contributed by atoms with van der Waals surface area (Å²) in [7, 11) is 2.01. The number of fused-ring (bicyclic) bond motifs is 3. The summed E-state index contributed by atoms with van der Waals surface area (Å²) in [6.45, 7) is 3.45. The summed E-state index contributed by atoms with van der Waals surface area (Å²) in [5.41, 5.74) is 3.06. The maximum atomic E-state index is 5.96. The molecule has 3 fully saturated rings. The first-order valence-corrected chi connectivity index (χ1v) is 8.37. The van der Waals surface area contributed by atoms with E-state index in [1.807, 2.05) is 17.9 Å². The second kappa shape index (κ2) is 5.63. The number of oxime groups is 1. The number of nitrogens with one attached hydrogen (secondary N) is 1. The Morgan fingerprint density at radius 2 is 2.12 bits per heavy atom. The minimum atomic E-state index is -0.0894. The smallest absolute Gasteiger partial charge is 0.160 e. The van der Waals surface area contributed by atoms with Gasteiger partial charge in [0.05, 0.1) is 23.8 Å². The van der Waals surface area contributed by atoms with Gasteiger partial charge in [-0.05, 0) is 44.1 Å². The van der Waals surface area contributed by atoms with Crippen LogP contribution in [0.5, 0.6) is 0 Å². The van der Waals surface area contributed by atoms with Crippen molar-refractivity contribution in [2.75, 3.05) is 25.0 Å². The fourth-order valence-electron chi connectivity index (χ4n) is 4.37. The van der Waals surface area contributed by atoms with Crippen molar-refractivity contribution in [1.82, 2.24) is 14.5 Å². The van der Waals surface area contributed by atoms with Crippen molar-refractivity contribution < 1.29 is 4.84 Å². The highest BCUT2D eigenvalue weighted by Crippen LogP contribution is 2.43. The molecule has 0 aliphatic carbocycles. The molecule has 1 N–H and O–H groups in total. The first-order valence-electron chi connectivity index (χ1n) is 8.37. The topological polar surface area (TPSA) is 54.7 Å². The monoisotopic (exact) mass is 347 g/mol. The average Bonchev–Trinajstić information content (AvgIpc) is 3.13. The van der Waals surface area contributed by atoms with Crippen LogP contribution in [0.3, 0.4) is 0 Å². The van der Waals surface area contributed by atoms with E-state index in [1.54, 1.807) is 0 Å². The van der Waals surface area contributed by atoms with Crippen LogP contribution < -0.4 is 5.32 Å². The number of hydrogen-bond donors (Lipinski definition) is 1. The molecule has 6 nitrogen and oxygen atoms in total. The molecule has 0 saturated carbocycles. The molecular formula is C17H22ClN5O. The van der Waals surface area contributed by atoms with Crippen LogP contribution in [0, 0.1) is 5.92 Å². The zero-order chi connectivity index (χ0) is 15.4. The number of nitrogens with zero attached hydrogens (tertiary/aromatic N) is 4. The number of aromatic nitrogens is 2. The Balaban J connectivity index is 0.00000146. The predicted octanol–water partition coefficient (Wildman–Crippen LogP) is 2.61. The molecule has 1 aromatic heterocycles. The van der Waals surface area contributed by atoms with Gasteiger partial charge in [0.25, 0.3) is 0 Å². The maximum Gasteiger partial charge on any atom is 0.160 e. The van der Waals surface area contributed by atoms with Gasteiger partial charge in [-0.15, -0.1) is 12.4 Å². The third-order valence-corrected chi connectivity index (χ3v) is 5.64. The molecule has 1 atom stereocenters. The molecule has 24 heavy (non-hydrogen) atoms. The number of hydrogen-bond acceptors (Lipinski definition) is 5. The second-order valence-corrected chi connectivity index (χ2v) is 7.11. The molecule has 2 bridgehead atoms. The van der Waals surface area contributed by atoms with Crippen LogP contribution in [0.2, 0.25) is 0 Å². The summed E-state index contributed by atoms with van der Waals surface area (Å²) in [5, 5.41) is 7.80. The summed E-state index contributed by atoms with van der Waals surface area (Å²) in [6, 6.07) is 6.23. The predicted molar refractivity (Wildman–Crippen MR) is 96.6 cm³/mol. The van der Waals surface area contributed by atoms with Crippen molar-refractivity contribution >= 4 is 35.0 Å². The van der Waals surface area contributed by atoms with Crippen molar-refractivity contribution in [2.45, 2.75) is 24.9 Å². The fraction of sp³-hybridized carbons (Fsp3) is 0.529. The van der Waals surface area contributed by atoms with Crippen LogP contribution >= 0.6 is 12.4 Å². The largest absolute Gasteiger partial charge is 0.386 e. The Kier molecular flexibility index (Phi) is 3.69. The van der Waals surface area contributed by atoms with Gasteiger partial charge in [-0.1, -0.05) is 5.16 Å². The number of benzene rings is 1. The van der Waals surface area contributed by atoms with E-state index >= 15 is 0 Å². The molecule has 0 amide bonds. The lowest BCUT2D eigenvalue weighted by Gasteiger charge is -2.49. The lowest BCUT2D eigenvalue weighted by Crippen LogP contribution is -2.59. The van der Waals surface area contributed by atoms with Crippen molar-refractivity contribution in [3.8, 4) is 0 Å². The highest BCUT2D eigenvalue weighted by atomic mass is 35.5. The molecule has 4 aliphatic rings. The molecule has 0 radical (unpaired) electrons. The number of amidine groups is 1. The van der Waals surface area contributed by atoms with Crippen LogP contribution in [-0.4, -0.2) is 45.5 Å². The third-order valence-electron chi connectivity index (χ3n) is 5.64. The zero-order valence-electron chi connectivity index (χ0n) is 13.7. The van der Waals surface area contributed by atoms with Gasteiger partial charge in [-0.25, -0.2) is 4.98 Å². The van der Waals surface area contributed by atoms with Crippen LogP contribution in [0.25, 0.3) is 11.0 Å². The van der Waals surface area contributed by atoms with Crippen molar-refractivity contribution in [2.24, 2.45) is 18.1 Å². The number of anilines is 1. The molecule has 3 saturated heterocycles. The molecule has 128 valence electrons. The van der Waals surface area contributed by atoms with E-state index in [9.17, 15) is 0 Å². The SMILES string of the molecule is Cl.Cn1cnc2cc(NC3=NO[C@@]4(C3)CN3CCC4CC3)ccc21. The first kappa shape index (κ1) is 15.7. The molecule has 0 unspecified atom stereocenters. The molecule has 1 spiro atoms. The Morgan fingerprint density at radius 1 is 1.29 bits per heavy atom. The molecule has 2 aromatic rings. The second-order valence-electron chi connectivity index (χ2n) is 7.11. The van der Waals surface area contributed by atoms with E-state index in [2.05, 4.69) is 38.6 Å². The number of piperidine rings is 3. The van der Waals surface area contributed by atoms with Gasteiger partial charge in [0.15, 0.2) is 11.4 Å². The van der Waals surface area contributed by atoms with Gasteiger partial charge in [-0.2, -0.15) is 0 Å². The van der Waals surface area contributed by atoms with Gasteiger partial charge in [0, 0.05) is 25.2 Å². The summed E-state index contributed by atoms with van der Waals surface area (Å²) >= 11 is 0. The quantitative estimate of drug-likeness (QED) is 0.861. The number of rotatable bonds is 1. The number of aryl methyl sites for hydroxylation is 1. The summed E-state index contributed by atoms with van der Waals surface area (Å²) in [4.78, 5) is 12.9. The van der Waals surface area contributed by atoms with Crippen LogP contribution in [-0.2, 0) is 11.9 Å². The van der Waals surface area contributed by atoms with E-state index in [-0.39, 0.29) is 18.0 Å². The molecular weight excluding hydrogens is 326 g/mol. The molecule has 4 aliphatic heterocycles. The fourth-order valence-corrected chi connectivity index (χ4v) is 4.37. The van der Waals surface area contributed by atoms with E-state index in [0.717, 1.165) is 35.5 Å². The Bertz CT molecular complexity index is 795. The van der Waals surface area contributed by atoms with Gasteiger partial charge in [0.2, 0.25) is 0 Å². The van der Waals surface area contributed by atoms with E-state index in [0.29, 0.717) is 5.92 Å². The van der Waals surface area contributed by atoms with Crippen molar-refractivity contribution in [3.63, 3.8) is 0 Å². The van der Waals surface area contributed by atoms with Gasteiger partial charge in [0.1, 0.15) is 0 Å². The van der Waals surface area contributed by atoms with E-state index < -0.39 is 0 Å². The Hall–Kier alpha value is -1.79. The summed E-state index contributed by atoms with van der Waals surface area (Å²) in [5.74, 6) is 1.59. The minimum absolute atomic E-state index is 0. The maximum absolute atomic E-state index is 5.96. The average molecular weight is 348 g/mol. The standard InChI is InChI=1S/C17H21N5O.ClH/c1-21-11-18-14-8-13(2-3-15(14)21)19-16-9-17(23-20-16)10-22-6-4-12(17)5-7-22;/h2-3,8,11-12H,4-7,9-10H2,1H3,(H,19,20);1H/t17-;/m0./s1. The lowest BCUT2D eigenvalue weighted by molar-refractivity contribution is -0.136. The number of imidazole rings is 1. The van der Waals surface area contributed by atoms with Crippen LogP contribution in [0.1, 0.15) is 19.3 Å². The van der Waals surface area contributed by atoms with E-state index in [4.69, 9.17) is 4.84 Å². The van der Waals surface area contributed by atoms with Crippen molar-refractivity contribution in [3.05, 3.63) is 24.5 Å². The van der Waals surface area contributed by atoms with Crippen LogP contribution in [0.15, 0.2) is 29.7 Å². The highest BCUT2D eigenvalue weighted by Gasteiger charge is 2.52. The summed E-state index contributed by atoms with van der Waals surface area (Å²) < 4.78 is 2.03. The number of halogens is 1. The van der Waals surface area contributed by atoms with Gasteiger partial charge in [-0.3, -0.25) is 4.90 Å². The molecule has 7 heteroatoms. The minimum Gasteiger partial charge on any atom is -0.386 e. The van der Waals surface area contributed by atoms with Gasteiger partial charge < -0.3 is 14.7 Å². The molecule has 1 aromatic carbocycles. The molecule has 6 rings (SSSR count). The third kappa shape index (κ3) is 2.36. The van der Waals surface area contributed by atoms with Crippen molar-refractivity contribution in [1.29, 1.82) is 0 Å². The zero-order valence-corrected chi connectivity index (χ0v) is 14.6. The van der Waals surface area contributed by atoms with Gasteiger partial charge >= 0.3 is 0 Å². The lowest BCUT2D eigenvalue weighted by atomic mass is 9.73. The molecule has 5 heterocycles. The Labute approximate surface area is 147 Å². The van der Waals surface area contributed by atoms with E-state index in [1.165, 1.54) is 25.9 Å². The summed E-state index contributed by atoms with van der Waals surface area (Å²) in [6.07, 6.45) is 5.20. The normalized spacial score (nSPS) is 31.0. The first-order chi connectivity index (χ1) is 11.2. The Morgan fingerprint density at radius 3 is 2.88 bits per heavy atom. The van der Waals surface area contributed by atoms with Crippen LogP contribution in [0.4, 0.5) is 5.69 Å².